The van der Waals surface area contributed by atoms with Crippen molar-refractivity contribution in [2.75, 3.05) is 5.75 Å². The molecule has 7 heteroatoms. The minimum atomic E-state index is -3.43. The molecule has 1 atom stereocenters. The van der Waals surface area contributed by atoms with Gasteiger partial charge in [-0.15, -0.1) is 0 Å². The lowest BCUT2D eigenvalue weighted by molar-refractivity contribution is -0.150. The van der Waals surface area contributed by atoms with Gasteiger partial charge in [-0.2, -0.15) is 0 Å². The number of benzene rings is 1. The van der Waals surface area contributed by atoms with Crippen LogP contribution in [-0.2, 0) is 20.3 Å². The first-order valence-electron chi connectivity index (χ1n) is 5.08. The Balaban J connectivity index is 3.36. The van der Waals surface area contributed by atoms with Gasteiger partial charge in [0.05, 0.1) is 10.6 Å². The van der Waals surface area contributed by atoms with Crippen molar-refractivity contribution in [3.8, 4) is 0 Å². The average molecular weight is 339 g/mol. The molecule has 0 fully saturated rings. The third kappa shape index (κ3) is 2.72. The predicted octanol–water partition coefficient (Wildman–Crippen LogP) is 2.51. The summed E-state index contributed by atoms with van der Waals surface area (Å²) in [6.07, 6.45) is 0. The molecule has 0 spiro atoms. The molecule has 1 rings (SSSR count). The lowest BCUT2D eigenvalue weighted by Crippen LogP contribution is -2.27. The van der Waals surface area contributed by atoms with E-state index in [0.29, 0.717) is 0 Å². The normalized spacial score (nSPS) is 15.1. The molecule has 18 heavy (non-hydrogen) atoms. The molecule has 1 unspecified atom stereocenters. The zero-order chi connectivity index (χ0) is 14.1. The first kappa shape index (κ1) is 15.1. The van der Waals surface area contributed by atoms with Crippen LogP contribution in [0.1, 0.15) is 19.4 Å². The van der Waals surface area contributed by atoms with E-state index in [-0.39, 0.29) is 20.7 Å². The highest BCUT2D eigenvalue weighted by atomic mass is 79.9. The Morgan fingerprint density at radius 3 is 2.44 bits per heavy atom. The van der Waals surface area contributed by atoms with Gasteiger partial charge in [0.15, 0.2) is 9.84 Å². The molecule has 1 aromatic rings. The summed E-state index contributed by atoms with van der Waals surface area (Å²) in [5.74, 6) is -1.71. The number of hydrogen-bond acceptors (Lipinski definition) is 3. The van der Waals surface area contributed by atoms with Crippen LogP contribution in [0.5, 0.6) is 0 Å². The van der Waals surface area contributed by atoms with E-state index < -0.39 is 21.5 Å². The van der Waals surface area contributed by atoms with Crippen molar-refractivity contribution in [1.29, 1.82) is 0 Å². The maximum absolute atomic E-state index is 13.9. The standard InChI is InChI=1S/C11H12BrFO4S/c1-3-18(16,17)9-5-4-7(6-8(9)12)11(2,13)10(14)15/h4-6H,3H2,1-2H3,(H,14,15). The molecule has 0 bridgehead atoms. The molecule has 0 aliphatic carbocycles. The fourth-order valence-electron chi connectivity index (χ4n) is 1.32. The van der Waals surface area contributed by atoms with Gasteiger partial charge in [0.1, 0.15) is 0 Å². The summed E-state index contributed by atoms with van der Waals surface area (Å²) < 4.78 is 37.4. The van der Waals surface area contributed by atoms with Gasteiger partial charge >= 0.3 is 5.97 Å². The van der Waals surface area contributed by atoms with Crippen LogP contribution in [0.25, 0.3) is 0 Å². The minimum Gasteiger partial charge on any atom is -0.479 e. The van der Waals surface area contributed by atoms with Gasteiger partial charge in [0.25, 0.3) is 0 Å². The molecule has 1 aromatic carbocycles. The number of sulfone groups is 1. The van der Waals surface area contributed by atoms with Gasteiger partial charge in [-0.25, -0.2) is 17.6 Å². The Kier molecular flexibility index (Phi) is 4.17. The lowest BCUT2D eigenvalue weighted by atomic mass is 9.98. The molecule has 0 radical (unpaired) electrons. The number of carbonyl (C=O) groups is 1. The van der Waals surface area contributed by atoms with Crippen LogP contribution in [-0.4, -0.2) is 25.2 Å². The minimum absolute atomic E-state index is 0.0231. The van der Waals surface area contributed by atoms with Gasteiger partial charge in [-0.1, -0.05) is 13.0 Å². The maximum atomic E-state index is 13.9. The largest absolute Gasteiger partial charge is 0.479 e. The molecule has 4 nitrogen and oxygen atoms in total. The van der Waals surface area contributed by atoms with Crippen molar-refractivity contribution in [2.45, 2.75) is 24.4 Å². The molecule has 0 amide bonds. The van der Waals surface area contributed by atoms with E-state index in [1.54, 1.807) is 0 Å². The van der Waals surface area contributed by atoms with Gasteiger partial charge in [0, 0.05) is 10.0 Å². The number of rotatable bonds is 4. The SMILES string of the molecule is CCS(=O)(=O)c1ccc(C(C)(F)C(=O)O)cc1Br. The summed E-state index contributed by atoms with van der Waals surface area (Å²) in [5.41, 5.74) is -2.67. The maximum Gasteiger partial charge on any atom is 0.345 e. The van der Waals surface area contributed by atoms with Crippen molar-refractivity contribution >= 4 is 31.7 Å². The quantitative estimate of drug-likeness (QED) is 0.915. The highest BCUT2D eigenvalue weighted by molar-refractivity contribution is 9.10. The summed E-state index contributed by atoms with van der Waals surface area (Å²) in [4.78, 5) is 10.8. The molecular weight excluding hydrogens is 327 g/mol. The molecule has 0 aliphatic rings. The zero-order valence-electron chi connectivity index (χ0n) is 9.78. The Hall–Kier alpha value is -0.950. The van der Waals surface area contributed by atoms with E-state index in [2.05, 4.69) is 15.9 Å². The monoisotopic (exact) mass is 338 g/mol. The summed E-state index contributed by atoms with van der Waals surface area (Å²) in [6, 6.07) is 3.55. The average Bonchev–Trinajstić information content (AvgIpc) is 2.28. The number of hydrogen-bond donors (Lipinski definition) is 1. The second kappa shape index (κ2) is 4.97. The van der Waals surface area contributed by atoms with Gasteiger partial charge in [-0.05, 0) is 35.0 Å². The van der Waals surface area contributed by atoms with Crippen molar-refractivity contribution < 1.29 is 22.7 Å². The van der Waals surface area contributed by atoms with Crippen molar-refractivity contribution in [1.82, 2.24) is 0 Å². The molecule has 0 aromatic heterocycles. The van der Waals surface area contributed by atoms with Crippen molar-refractivity contribution in [3.05, 3.63) is 28.2 Å². The van der Waals surface area contributed by atoms with E-state index in [1.165, 1.54) is 25.1 Å². The van der Waals surface area contributed by atoms with E-state index >= 15 is 0 Å². The van der Waals surface area contributed by atoms with Gasteiger partial charge in [0.2, 0.25) is 5.67 Å². The first-order valence-corrected chi connectivity index (χ1v) is 7.52. The van der Waals surface area contributed by atoms with Crippen LogP contribution in [0.2, 0.25) is 0 Å². The van der Waals surface area contributed by atoms with E-state index in [9.17, 15) is 17.6 Å². The number of halogens is 2. The highest BCUT2D eigenvalue weighted by Crippen LogP contribution is 2.31. The Bertz CT molecular complexity index is 581. The van der Waals surface area contributed by atoms with Crippen molar-refractivity contribution in [2.24, 2.45) is 0 Å². The van der Waals surface area contributed by atoms with Crippen molar-refractivity contribution in [3.63, 3.8) is 0 Å². The summed E-state index contributed by atoms with van der Waals surface area (Å²) in [6.45, 7) is 2.40. The van der Waals surface area contributed by atoms with Crippen LogP contribution in [0.15, 0.2) is 27.6 Å². The molecule has 100 valence electrons. The van der Waals surface area contributed by atoms with Crippen LogP contribution in [0.4, 0.5) is 4.39 Å². The molecule has 0 saturated carbocycles. The van der Waals surface area contributed by atoms with E-state index in [1.807, 2.05) is 0 Å². The van der Waals surface area contributed by atoms with Gasteiger partial charge in [-0.3, -0.25) is 0 Å². The second-order valence-corrected chi connectivity index (χ2v) is 6.96. The van der Waals surface area contributed by atoms with Crippen LogP contribution < -0.4 is 0 Å². The zero-order valence-corrected chi connectivity index (χ0v) is 12.2. The Morgan fingerprint density at radius 2 is 2.06 bits per heavy atom. The highest BCUT2D eigenvalue weighted by Gasteiger charge is 2.35. The number of alkyl halides is 1. The fraction of sp³-hybridized carbons (Fsp3) is 0.364. The Labute approximate surface area is 113 Å². The number of aliphatic carboxylic acids is 1. The lowest BCUT2D eigenvalue weighted by Gasteiger charge is -2.16. The second-order valence-electron chi connectivity index (χ2n) is 3.86. The summed E-state index contributed by atoms with van der Waals surface area (Å²) in [7, 11) is -3.43. The fourth-order valence-corrected chi connectivity index (χ4v) is 3.39. The molecule has 0 saturated heterocycles. The molecule has 1 N–H and O–H groups in total. The van der Waals surface area contributed by atoms with Crippen LogP contribution >= 0.6 is 15.9 Å². The molecule has 0 heterocycles. The van der Waals surface area contributed by atoms with E-state index in [4.69, 9.17) is 5.11 Å². The Morgan fingerprint density at radius 1 is 1.50 bits per heavy atom. The summed E-state index contributed by atoms with van der Waals surface area (Å²) >= 11 is 3.03. The first-order chi connectivity index (χ1) is 8.13. The number of carboxylic acid groups (broad SMARTS) is 1. The summed E-state index contributed by atoms with van der Waals surface area (Å²) in [5, 5.41) is 8.75. The third-order valence-electron chi connectivity index (χ3n) is 2.59. The third-order valence-corrected chi connectivity index (χ3v) is 5.30. The topological polar surface area (TPSA) is 71.4 Å². The van der Waals surface area contributed by atoms with Crippen LogP contribution in [0.3, 0.4) is 0 Å². The van der Waals surface area contributed by atoms with Crippen LogP contribution in [0, 0.1) is 0 Å². The van der Waals surface area contributed by atoms with Gasteiger partial charge < -0.3 is 5.11 Å². The van der Waals surface area contributed by atoms with E-state index in [0.717, 1.165) is 6.92 Å². The molecular formula is C11H12BrFO4S. The smallest absolute Gasteiger partial charge is 0.345 e. The molecule has 0 aliphatic heterocycles. The number of carboxylic acids is 1. The predicted molar refractivity (Wildman–Crippen MR) is 68.0 cm³/mol.